The van der Waals surface area contributed by atoms with Gasteiger partial charge in [0.05, 0.1) is 37.9 Å². The summed E-state index contributed by atoms with van der Waals surface area (Å²) in [7, 11) is -4.17. The molecular formula is C41H41N2NaO7S. The predicted octanol–water partition coefficient (Wildman–Crippen LogP) is 4.75. The van der Waals surface area contributed by atoms with Crippen molar-refractivity contribution in [2.45, 2.75) is 62.7 Å². The fourth-order valence-corrected chi connectivity index (χ4v) is 6.35. The van der Waals surface area contributed by atoms with Crippen LogP contribution in [0.15, 0.2) is 156 Å². The van der Waals surface area contributed by atoms with Crippen molar-refractivity contribution in [2.24, 2.45) is 5.10 Å². The predicted molar refractivity (Wildman–Crippen MR) is 195 cm³/mol. The van der Waals surface area contributed by atoms with E-state index in [1.807, 2.05) is 128 Å². The van der Waals surface area contributed by atoms with Crippen LogP contribution in [0.3, 0.4) is 0 Å². The third-order valence-electron chi connectivity index (χ3n) is 8.31. The third-order valence-corrected chi connectivity index (χ3v) is 9.47. The molecule has 6 rings (SSSR count). The zero-order valence-corrected chi connectivity index (χ0v) is 32.2. The number of ether oxygens (including phenoxy) is 5. The van der Waals surface area contributed by atoms with Gasteiger partial charge in [-0.3, -0.25) is 0 Å². The van der Waals surface area contributed by atoms with Crippen molar-refractivity contribution in [3.63, 3.8) is 0 Å². The Balaban J connectivity index is 0.00000523. The minimum absolute atomic E-state index is 0. The largest absolute Gasteiger partial charge is 1.00 e. The van der Waals surface area contributed by atoms with E-state index in [4.69, 9.17) is 23.7 Å². The van der Waals surface area contributed by atoms with Crippen LogP contribution in [-0.2, 0) is 60.1 Å². The van der Waals surface area contributed by atoms with Crippen LogP contribution in [0.1, 0.15) is 27.8 Å². The minimum atomic E-state index is -4.17. The second-order valence-corrected chi connectivity index (χ2v) is 13.8. The van der Waals surface area contributed by atoms with Gasteiger partial charge in [-0.25, -0.2) is 8.42 Å². The number of rotatable bonds is 16. The molecule has 5 aromatic carbocycles. The van der Waals surface area contributed by atoms with Gasteiger partial charge in [0.15, 0.2) is 12.2 Å². The molecule has 0 unspecified atom stereocenters. The van der Waals surface area contributed by atoms with Gasteiger partial charge in [-0.05, 0) is 41.3 Å². The first-order valence-corrected chi connectivity index (χ1v) is 18.2. The Bertz CT molecular complexity index is 1920. The van der Waals surface area contributed by atoms with Crippen LogP contribution in [0.5, 0.6) is 0 Å². The van der Waals surface area contributed by atoms with Crippen molar-refractivity contribution >= 4 is 15.9 Å². The average molecular weight is 729 g/mol. The van der Waals surface area contributed by atoms with Crippen LogP contribution >= 0.6 is 0 Å². The number of aryl methyl sites for hydroxylation is 1. The molecule has 0 aliphatic carbocycles. The molecule has 0 saturated carbocycles. The topological polar surface area (TPSA) is 107 Å². The molecule has 1 fully saturated rings. The van der Waals surface area contributed by atoms with Gasteiger partial charge in [-0.15, -0.1) is 0 Å². The summed E-state index contributed by atoms with van der Waals surface area (Å²) in [5, 5.41) is 4.24. The number of hydrogen-bond acceptors (Lipinski definition) is 8. The summed E-state index contributed by atoms with van der Waals surface area (Å²) in [5.41, 5.74) is 4.71. The van der Waals surface area contributed by atoms with Gasteiger partial charge in [0.1, 0.15) is 22.2 Å². The van der Waals surface area contributed by atoms with Gasteiger partial charge in [-0.2, -0.15) is 0 Å². The van der Waals surface area contributed by atoms with Crippen LogP contribution in [-0.4, -0.2) is 45.3 Å². The summed E-state index contributed by atoms with van der Waals surface area (Å²) >= 11 is 0. The van der Waals surface area contributed by atoms with E-state index >= 15 is 0 Å². The fraction of sp³-hybridized carbons (Fsp3) is 0.244. The fourth-order valence-electron chi connectivity index (χ4n) is 5.59. The van der Waals surface area contributed by atoms with E-state index in [2.05, 4.69) is 9.93 Å². The molecule has 264 valence electrons. The van der Waals surface area contributed by atoms with Gasteiger partial charge in [0, 0.05) is 0 Å². The zero-order chi connectivity index (χ0) is 35.3. The van der Waals surface area contributed by atoms with E-state index in [9.17, 15) is 8.42 Å². The van der Waals surface area contributed by atoms with E-state index in [0.717, 1.165) is 27.8 Å². The molecule has 1 heterocycles. The molecule has 9 nitrogen and oxygen atoms in total. The molecule has 4 atom stereocenters. The summed E-state index contributed by atoms with van der Waals surface area (Å²) in [6.45, 7) is 2.96. The Hall–Kier alpha value is -3.84. The van der Waals surface area contributed by atoms with Gasteiger partial charge in [0.2, 0.25) is 5.90 Å². The van der Waals surface area contributed by atoms with Crippen LogP contribution in [0.25, 0.3) is 4.83 Å². The maximum absolute atomic E-state index is 13.3. The first kappa shape index (κ1) is 39.4. The zero-order valence-electron chi connectivity index (χ0n) is 29.4. The number of sulfonamides is 1. The number of benzene rings is 5. The van der Waals surface area contributed by atoms with Crippen molar-refractivity contribution in [1.29, 1.82) is 0 Å². The Morgan fingerprint density at radius 1 is 0.596 bits per heavy atom. The summed E-state index contributed by atoms with van der Waals surface area (Å²) in [6, 6.07) is 45.4. The Morgan fingerprint density at radius 2 is 1.04 bits per heavy atom. The van der Waals surface area contributed by atoms with Gasteiger partial charge >= 0.3 is 29.6 Å². The van der Waals surface area contributed by atoms with Gasteiger partial charge in [0.25, 0.3) is 0 Å². The molecular weight excluding hydrogens is 688 g/mol. The van der Waals surface area contributed by atoms with E-state index < -0.39 is 34.4 Å². The standard InChI is InChI=1S/C41H41N2O7S.Na/c1-31-22-24-36(25-23-31)51(44,45)43-42-41-40(49-29-35-20-12-5-13-21-35)39(48-28-34-18-10-4-11-19-34)38(47-27-33-16-8-3-9-17-33)37(50-41)30-46-26-32-14-6-2-7-15-32;/h2-25,37-40H,26-30H2,1H3;/q-1;+1/b42-41+;/t37-,38-,39+,40-;/m1./s1. The summed E-state index contributed by atoms with van der Waals surface area (Å²) in [5.74, 6) is -0.0486. The van der Waals surface area contributed by atoms with E-state index in [1.165, 1.54) is 12.1 Å². The molecule has 0 amide bonds. The van der Waals surface area contributed by atoms with Crippen LogP contribution < -0.4 is 29.6 Å². The van der Waals surface area contributed by atoms with Crippen molar-refractivity contribution in [2.75, 3.05) is 6.61 Å². The monoisotopic (exact) mass is 728 g/mol. The second-order valence-electron chi connectivity index (χ2n) is 12.2. The Morgan fingerprint density at radius 3 is 1.54 bits per heavy atom. The van der Waals surface area contributed by atoms with Crippen LogP contribution in [0.4, 0.5) is 0 Å². The summed E-state index contributed by atoms with van der Waals surface area (Å²) < 4.78 is 59.2. The van der Waals surface area contributed by atoms with Crippen molar-refractivity contribution in [3.05, 3.63) is 178 Å². The molecule has 0 spiro atoms. The maximum Gasteiger partial charge on any atom is 1.00 e. The maximum atomic E-state index is 13.3. The smallest absolute Gasteiger partial charge is 0.488 e. The van der Waals surface area contributed by atoms with Gasteiger partial charge < -0.3 is 33.6 Å². The second kappa shape index (κ2) is 19.8. The molecule has 0 radical (unpaired) electrons. The van der Waals surface area contributed by atoms with Crippen molar-refractivity contribution < 1.29 is 61.7 Å². The van der Waals surface area contributed by atoms with Crippen LogP contribution in [0, 0.1) is 6.92 Å². The van der Waals surface area contributed by atoms with Crippen molar-refractivity contribution in [3.8, 4) is 0 Å². The summed E-state index contributed by atoms with van der Waals surface area (Å²) in [6.07, 6.45) is -3.26. The Labute approximate surface area is 328 Å². The quantitative estimate of drug-likeness (QED) is 0.107. The van der Waals surface area contributed by atoms with E-state index in [-0.39, 0.29) is 66.8 Å². The van der Waals surface area contributed by atoms with E-state index in [1.54, 1.807) is 12.1 Å². The Kier molecular flexibility index (Phi) is 15.0. The molecule has 11 heteroatoms. The van der Waals surface area contributed by atoms with Crippen LogP contribution in [0.2, 0.25) is 0 Å². The third kappa shape index (κ3) is 11.3. The van der Waals surface area contributed by atoms with Crippen molar-refractivity contribution in [1.82, 2.24) is 0 Å². The number of hydrogen-bond donors (Lipinski definition) is 0. The molecule has 0 N–H and O–H groups in total. The van der Waals surface area contributed by atoms with Gasteiger partial charge in [-0.1, -0.05) is 139 Å². The molecule has 0 bridgehead atoms. The normalized spacial score (nSPS) is 19.4. The SMILES string of the molecule is Cc1ccc(S(=O)(=O)[N-]/N=C2/O[C@H](COCc3ccccc3)[C@@H](OCc3ccccc3)[C@H](OCc3ccccc3)[C@H]2OCc2ccccc2)cc1.[Na+]. The first-order valence-electron chi connectivity index (χ1n) is 16.8. The average Bonchev–Trinajstić information content (AvgIpc) is 3.17. The molecule has 1 aliphatic heterocycles. The molecule has 5 aromatic rings. The first-order chi connectivity index (χ1) is 24.9. The molecule has 0 aromatic heterocycles. The minimum Gasteiger partial charge on any atom is -0.488 e. The molecule has 1 aliphatic rings. The van der Waals surface area contributed by atoms with E-state index in [0.29, 0.717) is 6.61 Å². The summed E-state index contributed by atoms with van der Waals surface area (Å²) in [4.78, 5) is 3.85. The molecule has 1 saturated heterocycles. The molecule has 52 heavy (non-hydrogen) atoms. The number of nitrogens with zero attached hydrogens (tertiary/aromatic N) is 2.